The fraction of sp³-hybridized carbons (Fsp3) is 0.600. The van der Waals surface area contributed by atoms with Crippen molar-refractivity contribution in [3.05, 3.63) is 29.6 Å². The van der Waals surface area contributed by atoms with Crippen molar-refractivity contribution >= 4 is 10.0 Å². The van der Waals surface area contributed by atoms with E-state index in [-0.39, 0.29) is 22.4 Å². The van der Waals surface area contributed by atoms with E-state index in [4.69, 9.17) is 5.11 Å². The van der Waals surface area contributed by atoms with Gasteiger partial charge in [-0.2, -0.15) is 4.31 Å². The van der Waals surface area contributed by atoms with Crippen molar-refractivity contribution in [2.75, 3.05) is 6.54 Å². The minimum absolute atomic E-state index is 0.00170. The van der Waals surface area contributed by atoms with Crippen molar-refractivity contribution in [1.29, 1.82) is 0 Å². The highest BCUT2D eigenvalue weighted by Crippen LogP contribution is 2.32. The average Bonchev–Trinajstić information content (AvgIpc) is 2.42. The summed E-state index contributed by atoms with van der Waals surface area (Å²) in [5, 5.41) is 9.11. The van der Waals surface area contributed by atoms with Crippen molar-refractivity contribution in [3.63, 3.8) is 0 Å². The van der Waals surface area contributed by atoms with Crippen LogP contribution in [0, 0.1) is 17.7 Å². The lowest BCUT2D eigenvalue weighted by molar-refractivity contribution is 0.157. The Morgan fingerprint density at radius 2 is 2.00 bits per heavy atom. The highest BCUT2D eigenvalue weighted by molar-refractivity contribution is 7.89. The molecule has 21 heavy (non-hydrogen) atoms. The lowest BCUT2D eigenvalue weighted by atomic mass is 9.88. The molecule has 3 unspecified atom stereocenters. The number of piperidine rings is 1. The van der Waals surface area contributed by atoms with E-state index >= 15 is 0 Å². The molecule has 0 radical (unpaired) electrons. The lowest BCUT2D eigenvalue weighted by Crippen LogP contribution is -2.48. The Kier molecular flexibility index (Phi) is 4.70. The Bertz CT molecular complexity index is 617. The third kappa shape index (κ3) is 3.12. The van der Waals surface area contributed by atoms with Gasteiger partial charge < -0.3 is 5.11 Å². The minimum Gasteiger partial charge on any atom is -0.392 e. The van der Waals surface area contributed by atoms with E-state index in [1.165, 1.54) is 16.4 Å². The number of hydrogen-bond donors (Lipinski definition) is 1. The number of aliphatic hydroxyl groups is 1. The predicted molar refractivity (Wildman–Crippen MR) is 78.6 cm³/mol. The lowest BCUT2D eigenvalue weighted by Gasteiger charge is -2.40. The van der Waals surface area contributed by atoms with Gasteiger partial charge in [-0.05, 0) is 43.4 Å². The molecule has 0 amide bonds. The van der Waals surface area contributed by atoms with Crippen molar-refractivity contribution in [3.8, 4) is 0 Å². The minimum atomic E-state index is -3.67. The van der Waals surface area contributed by atoms with Crippen LogP contribution in [-0.4, -0.2) is 30.4 Å². The van der Waals surface area contributed by atoms with Gasteiger partial charge in [-0.1, -0.05) is 13.8 Å². The summed E-state index contributed by atoms with van der Waals surface area (Å²) in [5.74, 6) is -0.0186. The number of nitrogens with zero attached hydrogens (tertiary/aromatic N) is 1. The largest absolute Gasteiger partial charge is 0.392 e. The zero-order valence-electron chi connectivity index (χ0n) is 12.6. The molecule has 1 aliphatic rings. The van der Waals surface area contributed by atoms with E-state index in [1.807, 2.05) is 20.8 Å². The quantitative estimate of drug-likeness (QED) is 0.931. The topological polar surface area (TPSA) is 57.6 Å². The molecule has 118 valence electrons. The average molecular weight is 315 g/mol. The molecule has 1 saturated heterocycles. The van der Waals surface area contributed by atoms with Gasteiger partial charge in [0.15, 0.2) is 0 Å². The zero-order valence-corrected chi connectivity index (χ0v) is 13.4. The van der Waals surface area contributed by atoms with E-state index < -0.39 is 22.4 Å². The maximum absolute atomic E-state index is 13.4. The maximum atomic E-state index is 13.4. The third-order valence-electron chi connectivity index (χ3n) is 4.34. The van der Waals surface area contributed by atoms with Gasteiger partial charge in [-0.25, -0.2) is 12.8 Å². The maximum Gasteiger partial charge on any atom is 0.243 e. The summed E-state index contributed by atoms with van der Waals surface area (Å²) in [6.45, 7) is 5.95. The molecular weight excluding hydrogens is 293 g/mol. The van der Waals surface area contributed by atoms with Gasteiger partial charge in [0.1, 0.15) is 5.82 Å². The molecule has 0 aromatic heterocycles. The number of aliphatic hydroxyl groups excluding tert-OH is 1. The zero-order chi connectivity index (χ0) is 15.8. The molecule has 6 heteroatoms. The van der Waals surface area contributed by atoms with Crippen LogP contribution in [0.4, 0.5) is 4.39 Å². The van der Waals surface area contributed by atoms with Crippen LogP contribution < -0.4 is 0 Å². The van der Waals surface area contributed by atoms with Crippen LogP contribution in [0.5, 0.6) is 0 Å². The molecule has 1 fully saturated rings. The van der Waals surface area contributed by atoms with Gasteiger partial charge in [-0.15, -0.1) is 0 Å². The molecule has 1 N–H and O–H groups in total. The molecule has 1 heterocycles. The molecular formula is C15H22FNO3S. The fourth-order valence-corrected chi connectivity index (χ4v) is 4.85. The predicted octanol–water partition coefficient (Wildman–Crippen LogP) is 2.37. The number of benzene rings is 1. The second-order valence-electron chi connectivity index (χ2n) is 6.04. The smallest absolute Gasteiger partial charge is 0.243 e. The summed E-state index contributed by atoms with van der Waals surface area (Å²) in [6, 6.07) is 3.50. The number of sulfonamides is 1. The van der Waals surface area contributed by atoms with Gasteiger partial charge in [0.2, 0.25) is 10.0 Å². The van der Waals surface area contributed by atoms with E-state index in [2.05, 4.69) is 0 Å². The van der Waals surface area contributed by atoms with E-state index in [0.717, 1.165) is 12.5 Å². The van der Waals surface area contributed by atoms with Crippen LogP contribution in [0.15, 0.2) is 23.1 Å². The Morgan fingerprint density at radius 1 is 1.33 bits per heavy atom. The van der Waals surface area contributed by atoms with Crippen molar-refractivity contribution < 1.29 is 17.9 Å². The van der Waals surface area contributed by atoms with Crippen LogP contribution >= 0.6 is 0 Å². The fourth-order valence-electron chi connectivity index (χ4n) is 2.95. The van der Waals surface area contributed by atoms with Crippen LogP contribution in [0.1, 0.15) is 32.8 Å². The molecule has 4 nitrogen and oxygen atoms in total. The molecule has 1 aromatic rings. The van der Waals surface area contributed by atoms with Crippen molar-refractivity contribution in [2.24, 2.45) is 11.8 Å². The van der Waals surface area contributed by atoms with Gasteiger partial charge >= 0.3 is 0 Å². The summed E-state index contributed by atoms with van der Waals surface area (Å²) in [7, 11) is -3.67. The first kappa shape index (κ1) is 16.4. The van der Waals surface area contributed by atoms with Crippen LogP contribution in [0.3, 0.4) is 0 Å². The molecule has 0 spiro atoms. The first-order valence-electron chi connectivity index (χ1n) is 7.18. The summed E-state index contributed by atoms with van der Waals surface area (Å²) >= 11 is 0. The molecule has 0 bridgehead atoms. The Labute approximate surface area is 125 Å². The van der Waals surface area contributed by atoms with Crippen molar-refractivity contribution in [2.45, 2.75) is 44.7 Å². The monoisotopic (exact) mass is 315 g/mol. The Hall–Kier alpha value is -0.980. The second-order valence-corrected chi connectivity index (χ2v) is 7.94. The highest BCUT2D eigenvalue weighted by atomic mass is 32.2. The van der Waals surface area contributed by atoms with Crippen LogP contribution in [0.25, 0.3) is 0 Å². The first-order valence-corrected chi connectivity index (χ1v) is 8.62. The molecule has 3 atom stereocenters. The third-order valence-corrected chi connectivity index (χ3v) is 6.29. The molecule has 1 aliphatic heterocycles. The normalized spacial score (nSPS) is 27.8. The summed E-state index contributed by atoms with van der Waals surface area (Å²) < 4.78 is 40.5. The van der Waals surface area contributed by atoms with E-state index in [1.54, 1.807) is 0 Å². The Morgan fingerprint density at radius 3 is 2.62 bits per heavy atom. The molecule has 2 rings (SSSR count). The van der Waals surface area contributed by atoms with E-state index in [0.29, 0.717) is 12.5 Å². The number of rotatable bonds is 3. The molecule has 0 saturated carbocycles. The van der Waals surface area contributed by atoms with Crippen LogP contribution in [-0.2, 0) is 16.6 Å². The summed E-state index contributed by atoms with van der Waals surface area (Å²) in [5.41, 5.74) is 0.00170. The van der Waals surface area contributed by atoms with Gasteiger partial charge in [-0.3, -0.25) is 0 Å². The SMILES string of the molecule is CC1CC(C)C(C)N(S(=O)(=O)c2ccc(F)c(CO)c2)C1. The van der Waals surface area contributed by atoms with Crippen molar-refractivity contribution in [1.82, 2.24) is 4.31 Å². The highest BCUT2D eigenvalue weighted by Gasteiger charge is 2.37. The Balaban J connectivity index is 2.41. The second kappa shape index (κ2) is 6.02. The standard InChI is InChI=1S/C15H22FNO3S/c1-10-6-11(2)12(3)17(8-10)21(19,20)14-4-5-15(16)13(7-14)9-18/h4-5,7,10-12,18H,6,8-9H2,1-3H3. The van der Waals surface area contributed by atoms with Crippen LogP contribution in [0.2, 0.25) is 0 Å². The summed E-state index contributed by atoms with van der Waals surface area (Å²) in [4.78, 5) is 0.0427. The van der Waals surface area contributed by atoms with Gasteiger partial charge in [0, 0.05) is 18.2 Å². The van der Waals surface area contributed by atoms with Gasteiger partial charge in [0.25, 0.3) is 0 Å². The van der Waals surface area contributed by atoms with E-state index in [9.17, 15) is 12.8 Å². The van der Waals surface area contributed by atoms with Gasteiger partial charge in [0.05, 0.1) is 11.5 Å². The molecule has 1 aromatic carbocycles. The first-order chi connectivity index (χ1) is 9.77. The molecule has 0 aliphatic carbocycles. The summed E-state index contributed by atoms with van der Waals surface area (Å²) in [6.07, 6.45) is 0.999. The number of hydrogen-bond acceptors (Lipinski definition) is 3. The number of halogens is 1.